The maximum atomic E-state index is 13.4. The van der Waals surface area contributed by atoms with E-state index in [1.54, 1.807) is 13.8 Å². The molecule has 0 heterocycles. The van der Waals surface area contributed by atoms with E-state index in [2.05, 4.69) is 4.74 Å². The minimum Gasteiger partial charge on any atom is -0.504 e. The van der Waals surface area contributed by atoms with Gasteiger partial charge < -0.3 is 15.6 Å². The van der Waals surface area contributed by atoms with Gasteiger partial charge in [-0.2, -0.15) is 0 Å². The van der Waals surface area contributed by atoms with Crippen LogP contribution in [0.5, 0.6) is 5.75 Å². The molecule has 0 amide bonds. The Bertz CT molecular complexity index is 424. The molecule has 0 aliphatic heterocycles. The highest BCUT2D eigenvalue weighted by Gasteiger charge is 2.22. The number of halogens is 1. The zero-order valence-corrected chi connectivity index (χ0v) is 9.37. The van der Waals surface area contributed by atoms with Gasteiger partial charge in [0, 0.05) is 5.54 Å². The molecule has 0 atom stereocenters. The van der Waals surface area contributed by atoms with Gasteiger partial charge in [-0.3, -0.25) is 0 Å². The number of ether oxygens (including phenoxy) is 1. The fraction of sp³-hybridized carbons (Fsp3) is 0.364. The summed E-state index contributed by atoms with van der Waals surface area (Å²) in [6.45, 7) is 3.33. The third-order valence-electron chi connectivity index (χ3n) is 2.21. The number of rotatable bonds is 2. The van der Waals surface area contributed by atoms with Gasteiger partial charge in [-0.15, -0.1) is 0 Å². The topological polar surface area (TPSA) is 72.5 Å². The number of benzene rings is 1. The number of carbonyl (C=O) groups excluding carboxylic acids is 1. The van der Waals surface area contributed by atoms with Gasteiger partial charge in [0.1, 0.15) is 5.56 Å². The smallest absolute Gasteiger partial charge is 0.341 e. The number of phenolic OH excluding ortho intramolecular Hbond substituents is 1. The van der Waals surface area contributed by atoms with E-state index in [1.807, 2.05) is 0 Å². The highest BCUT2D eigenvalue weighted by atomic mass is 19.1. The van der Waals surface area contributed by atoms with E-state index < -0.39 is 23.1 Å². The second kappa shape index (κ2) is 4.09. The van der Waals surface area contributed by atoms with Crippen molar-refractivity contribution in [1.29, 1.82) is 0 Å². The fourth-order valence-corrected chi connectivity index (χ4v) is 1.24. The second-order valence-corrected chi connectivity index (χ2v) is 4.07. The quantitative estimate of drug-likeness (QED) is 0.751. The Labute approximate surface area is 92.8 Å². The second-order valence-electron chi connectivity index (χ2n) is 4.07. The summed E-state index contributed by atoms with van der Waals surface area (Å²) < 4.78 is 17.8. The molecule has 0 spiro atoms. The number of hydrogen-bond donors (Lipinski definition) is 2. The average molecular weight is 227 g/mol. The lowest BCUT2D eigenvalue weighted by molar-refractivity contribution is 0.0596. The highest BCUT2D eigenvalue weighted by molar-refractivity contribution is 5.92. The SMILES string of the molecule is COC(=O)c1cc(C(C)(C)N)cc(F)c1O. The van der Waals surface area contributed by atoms with Crippen LogP contribution in [0.25, 0.3) is 0 Å². The van der Waals surface area contributed by atoms with Crippen LogP contribution in [0.1, 0.15) is 29.8 Å². The molecule has 1 aromatic carbocycles. The normalized spacial score (nSPS) is 11.3. The molecular formula is C11H14FNO3. The Morgan fingerprint density at radius 3 is 2.50 bits per heavy atom. The Morgan fingerprint density at radius 1 is 1.50 bits per heavy atom. The lowest BCUT2D eigenvalue weighted by atomic mass is 9.93. The zero-order valence-electron chi connectivity index (χ0n) is 9.37. The van der Waals surface area contributed by atoms with Crippen molar-refractivity contribution in [3.05, 3.63) is 29.1 Å². The van der Waals surface area contributed by atoms with Crippen molar-refractivity contribution < 1.29 is 19.0 Å². The molecule has 0 radical (unpaired) electrons. The van der Waals surface area contributed by atoms with Crippen LogP contribution in [-0.4, -0.2) is 18.2 Å². The van der Waals surface area contributed by atoms with Gasteiger partial charge in [0.15, 0.2) is 11.6 Å². The van der Waals surface area contributed by atoms with Crippen molar-refractivity contribution in [3.8, 4) is 5.75 Å². The van der Waals surface area contributed by atoms with E-state index in [1.165, 1.54) is 6.07 Å². The van der Waals surface area contributed by atoms with Gasteiger partial charge in [0.2, 0.25) is 0 Å². The molecule has 0 unspecified atom stereocenters. The number of nitrogens with two attached hydrogens (primary N) is 1. The molecular weight excluding hydrogens is 213 g/mol. The number of phenols is 1. The molecule has 1 aromatic rings. The van der Waals surface area contributed by atoms with Crippen molar-refractivity contribution in [1.82, 2.24) is 0 Å². The standard InChI is InChI=1S/C11H14FNO3/c1-11(2,13)6-4-7(10(15)16-3)9(14)8(12)5-6/h4-5,14H,13H2,1-3H3. The van der Waals surface area contributed by atoms with Crippen molar-refractivity contribution >= 4 is 5.97 Å². The third kappa shape index (κ3) is 2.30. The van der Waals surface area contributed by atoms with Gasteiger partial charge in [0.25, 0.3) is 0 Å². The summed E-state index contributed by atoms with van der Waals surface area (Å²) in [5.74, 6) is -2.42. The molecule has 16 heavy (non-hydrogen) atoms. The van der Waals surface area contributed by atoms with Crippen LogP contribution in [0.3, 0.4) is 0 Å². The summed E-state index contributed by atoms with van der Waals surface area (Å²) in [4.78, 5) is 11.3. The van der Waals surface area contributed by atoms with Crippen LogP contribution in [0.2, 0.25) is 0 Å². The van der Waals surface area contributed by atoms with E-state index in [4.69, 9.17) is 5.73 Å². The van der Waals surface area contributed by atoms with Crippen molar-refractivity contribution in [2.24, 2.45) is 5.73 Å². The number of aromatic hydroxyl groups is 1. The number of hydrogen-bond acceptors (Lipinski definition) is 4. The van der Waals surface area contributed by atoms with E-state index in [9.17, 15) is 14.3 Å². The molecule has 1 rings (SSSR count). The van der Waals surface area contributed by atoms with Crippen LogP contribution in [-0.2, 0) is 10.3 Å². The molecule has 0 aliphatic carbocycles. The highest BCUT2D eigenvalue weighted by Crippen LogP contribution is 2.28. The Morgan fingerprint density at radius 2 is 2.06 bits per heavy atom. The van der Waals surface area contributed by atoms with Gasteiger partial charge in [-0.25, -0.2) is 9.18 Å². The predicted molar refractivity (Wildman–Crippen MR) is 56.6 cm³/mol. The van der Waals surface area contributed by atoms with Crippen LogP contribution in [0.4, 0.5) is 4.39 Å². The van der Waals surface area contributed by atoms with Crippen LogP contribution < -0.4 is 5.73 Å². The summed E-state index contributed by atoms with van der Waals surface area (Å²) in [5, 5.41) is 9.37. The monoisotopic (exact) mass is 227 g/mol. The average Bonchev–Trinajstić information content (AvgIpc) is 2.19. The number of carbonyl (C=O) groups is 1. The molecule has 4 nitrogen and oxygen atoms in total. The summed E-state index contributed by atoms with van der Waals surface area (Å²) >= 11 is 0. The Balaban J connectivity index is 3.39. The maximum absolute atomic E-state index is 13.4. The third-order valence-corrected chi connectivity index (χ3v) is 2.21. The van der Waals surface area contributed by atoms with Gasteiger partial charge in [-0.05, 0) is 31.5 Å². The van der Waals surface area contributed by atoms with E-state index in [0.717, 1.165) is 13.2 Å². The van der Waals surface area contributed by atoms with Crippen molar-refractivity contribution in [2.45, 2.75) is 19.4 Å². The van der Waals surface area contributed by atoms with Gasteiger partial charge >= 0.3 is 5.97 Å². The van der Waals surface area contributed by atoms with E-state index in [0.29, 0.717) is 5.56 Å². The fourth-order valence-electron chi connectivity index (χ4n) is 1.24. The molecule has 0 saturated carbocycles. The molecule has 0 fully saturated rings. The molecule has 0 bridgehead atoms. The minimum absolute atomic E-state index is 0.226. The van der Waals surface area contributed by atoms with Crippen LogP contribution in [0.15, 0.2) is 12.1 Å². The van der Waals surface area contributed by atoms with Crippen molar-refractivity contribution in [2.75, 3.05) is 7.11 Å². The first-order valence-electron chi connectivity index (χ1n) is 4.67. The summed E-state index contributed by atoms with van der Waals surface area (Å²) in [6, 6.07) is 2.42. The Hall–Kier alpha value is -1.62. The minimum atomic E-state index is -0.892. The zero-order chi connectivity index (χ0) is 12.5. The summed E-state index contributed by atoms with van der Waals surface area (Å²) in [5.41, 5.74) is 5.16. The lowest BCUT2D eigenvalue weighted by Crippen LogP contribution is -2.29. The largest absolute Gasteiger partial charge is 0.504 e. The molecule has 3 N–H and O–H groups in total. The lowest BCUT2D eigenvalue weighted by Gasteiger charge is -2.20. The summed E-state index contributed by atoms with van der Waals surface area (Å²) in [7, 11) is 1.15. The molecule has 0 aliphatic rings. The number of esters is 1. The first-order valence-corrected chi connectivity index (χ1v) is 4.67. The van der Waals surface area contributed by atoms with Crippen molar-refractivity contribution in [3.63, 3.8) is 0 Å². The van der Waals surface area contributed by atoms with Crippen LogP contribution in [0, 0.1) is 5.82 Å². The first kappa shape index (κ1) is 12.4. The molecule has 0 aromatic heterocycles. The van der Waals surface area contributed by atoms with Crippen LogP contribution >= 0.6 is 0 Å². The predicted octanol–water partition coefficient (Wildman–Crippen LogP) is 1.51. The maximum Gasteiger partial charge on any atom is 0.341 e. The van der Waals surface area contributed by atoms with E-state index in [-0.39, 0.29) is 5.56 Å². The van der Waals surface area contributed by atoms with Gasteiger partial charge in [-0.1, -0.05) is 0 Å². The van der Waals surface area contributed by atoms with Gasteiger partial charge in [0.05, 0.1) is 7.11 Å². The Kier molecular flexibility index (Phi) is 3.19. The summed E-state index contributed by atoms with van der Waals surface area (Å²) in [6.07, 6.45) is 0. The molecule has 0 saturated heterocycles. The molecule has 5 heteroatoms. The molecule has 88 valence electrons. The number of methoxy groups -OCH3 is 1. The van der Waals surface area contributed by atoms with E-state index >= 15 is 0 Å². The first-order chi connectivity index (χ1) is 7.27.